The van der Waals surface area contributed by atoms with Crippen molar-refractivity contribution >= 4 is 11.8 Å². The number of hydrogen-bond donors (Lipinski definition) is 0. The highest BCUT2D eigenvalue weighted by molar-refractivity contribution is 7.98. The monoisotopic (exact) mass is 364 g/mol. The second-order valence-electron chi connectivity index (χ2n) is 5.48. The zero-order valence-corrected chi connectivity index (χ0v) is 14.9. The molecule has 0 saturated heterocycles. The predicted molar refractivity (Wildman–Crippen MR) is 99.4 cm³/mol. The number of rotatable bonds is 6. The molecular formula is C19H16N4O2S. The Kier molecular flexibility index (Phi) is 4.70. The van der Waals surface area contributed by atoms with E-state index in [0.717, 1.165) is 27.9 Å². The Balaban J connectivity index is 1.49. The molecule has 26 heavy (non-hydrogen) atoms. The Bertz CT molecular complexity index is 997. The lowest BCUT2D eigenvalue weighted by Crippen LogP contribution is -1.96. The van der Waals surface area contributed by atoms with Crippen LogP contribution in [0.5, 0.6) is 5.75 Å². The van der Waals surface area contributed by atoms with Gasteiger partial charge in [-0.05, 0) is 24.3 Å². The number of benzene rings is 2. The van der Waals surface area contributed by atoms with E-state index in [0.29, 0.717) is 11.6 Å². The van der Waals surface area contributed by atoms with Crippen molar-refractivity contribution in [2.45, 2.75) is 10.9 Å². The van der Waals surface area contributed by atoms with Crippen molar-refractivity contribution in [2.24, 2.45) is 0 Å². The number of hydrogen-bond acceptors (Lipinski definition) is 6. The first-order valence-corrected chi connectivity index (χ1v) is 8.99. The van der Waals surface area contributed by atoms with Crippen LogP contribution in [0.4, 0.5) is 0 Å². The van der Waals surface area contributed by atoms with E-state index >= 15 is 0 Å². The number of aromatic nitrogens is 4. The molecule has 0 aliphatic carbocycles. The Morgan fingerprint density at radius 1 is 1.12 bits per heavy atom. The lowest BCUT2D eigenvalue weighted by atomic mass is 10.2. The first kappa shape index (κ1) is 16.4. The molecular weight excluding hydrogens is 348 g/mol. The minimum absolute atomic E-state index is 0.621. The molecule has 0 N–H and O–H groups in total. The second kappa shape index (κ2) is 7.45. The maximum absolute atomic E-state index is 5.58. The molecule has 2 aromatic heterocycles. The lowest BCUT2D eigenvalue weighted by Gasteiger charge is -2.07. The van der Waals surface area contributed by atoms with Crippen LogP contribution in [0, 0.1) is 0 Å². The molecule has 7 heteroatoms. The zero-order valence-electron chi connectivity index (χ0n) is 14.1. The molecule has 2 heterocycles. The van der Waals surface area contributed by atoms with Crippen molar-refractivity contribution < 1.29 is 9.15 Å². The molecule has 0 unspecified atom stereocenters. The van der Waals surface area contributed by atoms with Crippen LogP contribution in [0.2, 0.25) is 0 Å². The van der Waals surface area contributed by atoms with Gasteiger partial charge < -0.3 is 9.15 Å². The van der Waals surface area contributed by atoms with E-state index in [2.05, 4.69) is 15.2 Å². The molecule has 2 aromatic carbocycles. The lowest BCUT2D eigenvalue weighted by molar-refractivity contribution is 0.414. The molecule has 4 aromatic rings. The summed E-state index contributed by atoms with van der Waals surface area (Å²) in [6.07, 6.45) is 3.37. The summed E-state index contributed by atoms with van der Waals surface area (Å²) < 4.78 is 12.8. The third-order valence-electron chi connectivity index (χ3n) is 3.77. The number of methoxy groups -OCH3 is 1. The van der Waals surface area contributed by atoms with E-state index in [1.807, 2.05) is 59.2 Å². The van der Waals surface area contributed by atoms with Crippen LogP contribution in [0.3, 0.4) is 0 Å². The van der Waals surface area contributed by atoms with Gasteiger partial charge in [-0.3, -0.25) is 4.57 Å². The average Bonchev–Trinajstić information content (AvgIpc) is 3.36. The maximum Gasteiger partial charge on any atom is 0.226 e. The fourth-order valence-electron chi connectivity index (χ4n) is 2.49. The molecule has 0 radical (unpaired) electrons. The fourth-order valence-corrected chi connectivity index (χ4v) is 3.29. The van der Waals surface area contributed by atoms with Gasteiger partial charge in [0.05, 0.1) is 18.5 Å². The second-order valence-corrected chi connectivity index (χ2v) is 6.43. The van der Waals surface area contributed by atoms with Crippen molar-refractivity contribution in [3.63, 3.8) is 0 Å². The molecule has 0 amide bonds. The first-order valence-electron chi connectivity index (χ1n) is 8.00. The van der Waals surface area contributed by atoms with E-state index in [-0.39, 0.29) is 0 Å². The summed E-state index contributed by atoms with van der Waals surface area (Å²) >= 11 is 1.55. The molecule has 0 aliphatic rings. The highest BCUT2D eigenvalue weighted by Crippen LogP contribution is 2.26. The van der Waals surface area contributed by atoms with Crippen LogP contribution >= 0.6 is 11.8 Å². The van der Waals surface area contributed by atoms with Gasteiger partial charge in [0.25, 0.3) is 0 Å². The van der Waals surface area contributed by atoms with E-state index in [9.17, 15) is 0 Å². The standard InChI is InChI=1S/C19H16N4O2S/c1-24-17-9-5-8-16(10-17)23-13-20-22-19(23)26-12-15-11-25-18(21-15)14-6-3-2-4-7-14/h2-11,13H,12H2,1H3. The summed E-state index contributed by atoms with van der Waals surface area (Å²) in [4.78, 5) is 4.54. The van der Waals surface area contributed by atoms with Gasteiger partial charge in [0.1, 0.15) is 18.3 Å². The third-order valence-corrected chi connectivity index (χ3v) is 4.75. The van der Waals surface area contributed by atoms with E-state index in [4.69, 9.17) is 9.15 Å². The Hall–Kier alpha value is -3.06. The molecule has 6 nitrogen and oxygen atoms in total. The number of thioether (sulfide) groups is 1. The normalized spacial score (nSPS) is 10.8. The van der Waals surface area contributed by atoms with E-state index in [1.165, 1.54) is 0 Å². The van der Waals surface area contributed by atoms with Crippen LogP contribution < -0.4 is 4.74 Å². The number of oxazole rings is 1. The van der Waals surface area contributed by atoms with Crippen molar-refractivity contribution in [1.82, 2.24) is 19.7 Å². The number of ether oxygens (including phenoxy) is 1. The molecule has 0 aliphatic heterocycles. The molecule has 0 fully saturated rings. The smallest absolute Gasteiger partial charge is 0.226 e. The van der Waals surface area contributed by atoms with Gasteiger partial charge in [-0.2, -0.15) is 0 Å². The average molecular weight is 364 g/mol. The van der Waals surface area contributed by atoms with Gasteiger partial charge in [-0.15, -0.1) is 10.2 Å². The summed E-state index contributed by atoms with van der Waals surface area (Å²) in [6.45, 7) is 0. The first-order chi connectivity index (χ1) is 12.8. The summed E-state index contributed by atoms with van der Waals surface area (Å²) in [6, 6.07) is 17.6. The SMILES string of the molecule is COc1cccc(-n2cnnc2SCc2coc(-c3ccccc3)n2)c1. The molecule has 130 valence electrons. The highest BCUT2D eigenvalue weighted by atomic mass is 32.2. The van der Waals surface area contributed by atoms with Gasteiger partial charge in [0, 0.05) is 17.4 Å². The summed E-state index contributed by atoms with van der Waals surface area (Å²) in [5.41, 5.74) is 2.76. The molecule has 0 bridgehead atoms. The van der Waals surface area contributed by atoms with Gasteiger partial charge in [0.15, 0.2) is 5.16 Å². The summed E-state index contributed by atoms with van der Waals surface area (Å²) in [7, 11) is 1.65. The molecule has 4 rings (SSSR count). The number of nitrogens with zero attached hydrogens (tertiary/aromatic N) is 4. The summed E-state index contributed by atoms with van der Waals surface area (Å²) in [5.74, 6) is 2.05. The van der Waals surface area contributed by atoms with Crippen LogP contribution in [-0.2, 0) is 5.75 Å². The van der Waals surface area contributed by atoms with Gasteiger partial charge in [0.2, 0.25) is 5.89 Å². The van der Waals surface area contributed by atoms with E-state index < -0.39 is 0 Å². The van der Waals surface area contributed by atoms with Crippen LogP contribution in [-0.4, -0.2) is 26.9 Å². The highest BCUT2D eigenvalue weighted by Gasteiger charge is 2.11. The minimum Gasteiger partial charge on any atom is -0.497 e. The van der Waals surface area contributed by atoms with Gasteiger partial charge in [-0.25, -0.2) is 4.98 Å². The van der Waals surface area contributed by atoms with Crippen molar-refractivity contribution in [1.29, 1.82) is 0 Å². The summed E-state index contributed by atoms with van der Waals surface area (Å²) in [5, 5.41) is 9.01. The van der Waals surface area contributed by atoms with E-state index in [1.54, 1.807) is 31.5 Å². The fraction of sp³-hybridized carbons (Fsp3) is 0.105. The quantitative estimate of drug-likeness (QED) is 0.477. The Morgan fingerprint density at radius 2 is 2.00 bits per heavy atom. The largest absolute Gasteiger partial charge is 0.497 e. The van der Waals surface area contributed by atoms with Crippen LogP contribution in [0.15, 0.2) is 76.8 Å². The van der Waals surface area contributed by atoms with Crippen LogP contribution in [0.25, 0.3) is 17.1 Å². The van der Waals surface area contributed by atoms with Crippen molar-refractivity contribution in [3.05, 3.63) is 72.9 Å². The van der Waals surface area contributed by atoms with Gasteiger partial charge in [-0.1, -0.05) is 36.0 Å². The van der Waals surface area contributed by atoms with Crippen molar-refractivity contribution in [2.75, 3.05) is 7.11 Å². The molecule has 0 spiro atoms. The predicted octanol–water partition coefficient (Wildman–Crippen LogP) is 4.22. The Morgan fingerprint density at radius 3 is 2.85 bits per heavy atom. The minimum atomic E-state index is 0.621. The topological polar surface area (TPSA) is 66.0 Å². The molecule has 0 saturated carbocycles. The molecule has 0 atom stereocenters. The maximum atomic E-state index is 5.58. The zero-order chi connectivity index (χ0) is 17.8. The van der Waals surface area contributed by atoms with Gasteiger partial charge >= 0.3 is 0 Å². The van der Waals surface area contributed by atoms with Crippen LogP contribution in [0.1, 0.15) is 5.69 Å². The Labute approximate surface area is 154 Å². The van der Waals surface area contributed by atoms with Crippen molar-refractivity contribution in [3.8, 4) is 22.9 Å². The third kappa shape index (κ3) is 3.48.